The molecule has 1 heterocycles. The highest BCUT2D eigenvalue weighted by Crippen LogP contribution is 2.30. The lowest BCUT2D eigenvalue weighted by Gasteiger charge is -2.11. The van der Waals surface area contributed by atoms with Crippen molar-refractivity contribution in [1.82, 2.24) is 14.8 Å². The number of nitrogens with one attached hydrogen (secondary N) is 1. The normalized spacial score (nSPS) is 11.3. The predicted octanol–water partition coefficient (Wildman–Crippen LogP) is 5.75. The number of carbonyl (C=O) groups is 1. The average Bonchev–Trinajstić information content (AvgIpc) is 3.19. The summed E-state index contributed by atoms with van der Waals surface area (Å²) in [5.74, 6) is 0.772. The van der Waals surface area contributed by atoms with E-state index in [1.165, 1.54) is 17.7 Å². The van der Waals surface area contributed by atoms with Gasteiger partial charge in [-0.1, -0.05) is 49.4 Å². The summed E-state index contributed by atoms with van der Waals surface area (Å²) in [5.41, 5.74) is 0.493. The smallest absolute Gasteiger partial charge is 0.416 e. The summed E-state index contributed by atoms with van der Waals surface area (Å²) in [7, 11) is 0. The largest absolute Gasteiger partial charge is 0.486 e. The van der Waals surface area contributed by atoms with Crippen LogP contribution in [-0.4, -0.2) is 26.4 Å². The number of ether oxygens (including phenoxy) is 1. The summed E-state index contributed by atoms with van der Waals surface area (Å²) in [6.07, 6.45) is -0.717. The van der Waals surface area contributed by atoms with Gasteiger partial charge in [0.05, 0.1) is 11.3 Å². The van der Waals surface area contributed by atoms with E-state index in [2.05, 4.69) is 29.0 Å². The van der Waals surface area contributed by atoms with Crippen LogP contribution in [0.4, 0.5) is 18.9 Å². The highest BCUT2D eigenvalue weighted by atomic mass is 32.2. The maximum Gasteiger partial charge on any atom is 0.416 e. The molecule has 2 aromatic carbocycles. The van der Waals surface area contributed by atoms with E-state index in [1.54, 1.807) is 10.6 Å². The number of alkyl halides is 3. The Kier molecular flexibility index (Phi) is 8.75. The molecule has 0 aliphatic rings. The van der Waals surface area contributed by atoms with Gasteiger partial charge in [-0.05, 0) is 42.3 Å². The summed E-state index contributed by atoms with van der Waals surface area (Å²) in [6.45, 7) is 6.47. The van der Waals surface area contributed by atoms with E-state index < -0.39 is 17.6 Å². The van der Waals surface area contributed by atoms with E-state index in [1.807, 2.05) is 24.3 Å². The molecule has 0 bridgehead atoms. The molecule has 6 nitrogen and oxygen atoms in total. The van der Waals surface area contributed by atoms with Crippen LogP contribution in [0.3, 0.4) is 0 Å². The molecule has 0 atom stereocenters. The third kappa shape index (κ3) is 7.11. The number of anilines is 1. The van der Waals surface area contributed by atoms with Crippen LogP contribution in [0.15, 0.2) is 66.3 Å². The molecule has 3 aromatic rings. The van der Waals surface area contributed by atoms with Crippen LogP contribution in [0.5, 0.6) is 5.75 Å². The van der Waals surface area contributed by atoms with E-state index in [-0.39, 0.29) is 18.0 Å². The Hall–Kier alpha value is -3.27. The maximum atomic E-state index is 12.9. The van der Waals surface area contributed by atoms with Crippen LogP contribution in [-0.2, 0) is 30.5 Å². The zero-order valence-corrected chi connectivity index (χ0v) is 19.5. The number of nitrogens with zero attached hydrogens (tertiary/aromatic N) is 3. The Balaban J connectivity index is 1.59. The first kappa shape index (κ1) is 25.4. The van der Waals surface area contributed by atoms with Crippen molar-refractivity contribution in [3.05, 3.63) is 78.1 Å². The third-order valence-corrected chi connectivity index (χ3v) is 5.71. The van der Waals surface area contributed by atoms with Gasteiger partial charge in [-0.3, -0.25) is 9.36 Å². The molecular weight excluding hydrogens is 465 g/mol. The van der Waals surface area contributed by atoms with Gasteiger partial charge in [-0.2, -0.15) is 13.2 Å². The zero-order chi connectivity index (χ0) is 24.6. The Labute approximate surface area is 200 Å². The number of amides is 1. The van der Waals surface area contributed by atoms with Crippen molar-refractivity contribution < 1.29 is 22.7 Å². The second-order valence-corrected chi connectivity index (χ2v) is 8.34. The molecule has 10 heteroatoms. The number of rotatable bonds is 11. The monoisotopic (exact) mass is 490 g/mol. The minimum atomic E-state index is -4.48. The number of allylic oxidation sites excluding steroid dienone is 1. The minimum absolute atomic E-state index is 0.0503. The lowest BCUT2D eigenvalue weighted by molar-refractivity contribution is -0.137. The van der Waals surface area contributed by atoms with Crippen molar-refractivity contribution in [2.45, 2.75) is 44.2 Å². The van der Waals surface area contributed by atoms with Crippen molar-refractivity contribution in [3.8, 4) is 5.75 Å². The Morgan fingerprint density at radius 1 is 1.21 bits per heavy atom. The number of thioether (sulfide) groups is 1. The molecule has 0 saturated carbocycles. The Bertz CT molecular complexity index is 1110. The van der Waals surface area contributed by atoms with Crippen molar-refractivity contribution >= 4 is 23.4 Å². The van der Waals surface area contributed by atoms with E-state index in [4.69, 9.17) is 4.74 Å². The number of hydrogen-bond donors (Lipinski definition) is 1. The third-order valence-electron chi connectivity index (χ3n) is 4.74. The van der Waals surface area contributed by atoms with Crippen LogP contribution in [0.25, 0.3) is 0 Å². The van der Waals surface area contributed by atoms with E-state index in [9.17, 15) is 18.0 Å². The first-order valence-electron chi connectivity index (χ1n) is 10.6. The molecule has 0 saturated heterocycles. The van der Waals surface area contributed by atoms with Crippen molar-refractivity contribution in [1.29, 1.82) is 0 Å². The SMILES string of the molecule is C=CCn1c(COc2ccc(CCC)cc2)nnc1SCC(=O)Nc1cccc(C(F)(F)F)c1. The van der Waals surface area contributed by atoms with Gasteiger partial charge in [-0.15, -0.1) is 16.8 Å². The fraction of sp³-hybridized carbons (Fsp3) is 0.292. The summed E-state index contributed by atoms with van der Waals surface area (Å²) in [4.78, 5) is 12.3. The predicted molar refractivity (Wildman–Crippen MR) is 126 cm³/mol. The Morgan fingerprint density at radius 3 is 2.65 bits per heavy atom. The summed E-state index contributed by atoms with van der Waals surface area (Å²) < 4.78 is 46.2. The first-order chi connectivity index (χ1) is 16.3. The first-order valence-corrected chi connectivity index (χ1v) is 11.6. The standard InChI is InChI=1S/C24H25F3N4O2S/c1-3-6-17-9-11-20(12-10-17)33-15-21-29-30-23(31(21)13-4-2)34-16-22(32)28-19-8-5-7-18(14-19)24(25,26)27/h4-5,7-12,14H,2-3,6,13,15-16H2,1H3,(H,28,32). The lowest BCUT2D eigenvalue weighted by atomic mass is 10.1. The van der Waals surface area contributed by atoms with Gasteiger partial charge in [0, 0.05) is 12.2 Å². The van der Waals surface area contributed by atoms with Gasteiger partial charge in [0.15, 0.2) is 11.0 Å². The topological polar surface area (TPSA) is 69.0 Å². The number of carbonyl (C=O) groups excluding carboxylic acids is 1. The van der Waals surface area contributed by atoms with Gasteiger partial charge in [0.1, 0.15) is 12.4 Å². The van der Waals surface area contributed by atoms with Crippen molar-refractivity contribution in [3.63, 3.8) is 0 Å². The van der Waals surface area contributed by atoms with Gasteiger partial charge < -0.3 is 10.1 Å². The number of aryl methyl sites for hydroxylation is 1. The van der Waals surface area contributed by atoms with Gasteiger partial charge in [0.25, 0.3) is 0 Å². The molecule has 1 N–H and O–H groups in total. The van der Waals surface area contributed by atoms with E-state index in [0.29, 0.717) is 23.3 Å². The summed E-state index contributed by atoms with van der Waals surface area (Å²) >= 11 is 1.13. The van der Waals surface area contributed by atoms with Crippen molar-refractivity contribution in [2.24, 2.45) is 0 Å². The Morgan fingerprint density at radius 2 is 1.97 bits per heavy atom. The van der Waals surface area contributed by atoms with Crippen LogP contribution in [0.1, 0.15) is 30.3 Å². The fourth-order valence-corrected chi connectivity index (χ4v) is 3.90. The number of hydrogen-bond acceptors (Lipinski definition) is 5. The zero-order valence-electron chi connectivity index (χ0n) is 18.6. The summed E-state index contributed by atoms with van der Waals surface area (Å²) in [5, 5.41) is 11.3. The maximum absolute atomic E-state index is 12.9. The molecule has 34 heavy (non-hydrogen) atoms. The van der Waals surface area contributed by atoms with Gasteiger partial charge in [-0.25, -0.2) is 0 Å². The van der Waals surface area contributed by atoms with Crippen molar-refractivity contribution in [2.75, 3.05) is 11.1 Å². The molecule has 0 aliphatic carbocycles. The number of aromatic nitrogens is 3. The molecule has 0 radical (unpaired) electrons. The molecular formula is C24H25F3N4O2S. The molecule has 0 fully saturated rings. The molecule has 0 unspecified atom stereocenters. The summed E-state index contributed by atoms with van der Waals surface area (Å²) in [6, 6.07) is 12.4. The quantitative estimate of drug-likeness (QED) is 0.274. The number of halogens is 3. The molecule has 3 rings (SSSR count). The molecule has 0 aliphatic heterocycles. The fourth-order valence-electron chi connectivity index (χ4n) is 3.13. The second kappa shape index (κ2) is 11.7. The highest BCUT2D eigenvalue weighted by Gasteiger charge is 2.30. The molecule has 0 spiro atoms. The molecule has 180 valence electrons. The van der Waals surface area contributed by atoms with E-state index in [0.717, 1.165) is 36.7 Å². The lowest BCUT2D eigenvalue weighted by Crippen LogP contribution is -2.15. The molecule has 1 aromatic heterocycles. The van der Waals surface area contributed by atoms with E-state index >= 15 is 0 Å². The molecule has 1 amide bonds. The van der Waals surface area contributed by atoms with Crippen LogP contribution in [0.2, 0.25) is 0 Å². The van der Waals surface area contributed by atoms with Gasteiger partial charge >= 0.3 is 6.18 Å². The van der Waals surface area contributed by atoms with Crippen LogP contribution >= 0.6 is 11.8 Å². The second-order valence-electron chi connectivity index (χ2n) is 7.40. The minimum Gasteiger partial charge on any atom is -0.486 e. The number of benzene rings is 2. The van der Waals surface area contributed by atoms with Gasteiger partial charge in [0.2, 0.25) is 5.91 Å². The average molecular weight is 491 g/mol. The highest BCUT2D eigenvalue weighted by molar-refractivity contribution is 7.99. The van der Waals surface area contributed by atoms with Crippen LogP contribution < -0.4 is 10.1 Å². The van der Waals surface area contributed by atoms with Crippen LogP contribution in [0, 0.1) is 0 Å².